The van der Waals surface area contributed by atoms with E-state index in [2.05, 4.69) is 39.0 Å². The van der Waals surface area contributed by atoms with E-state index in [0.29, 0.717) is 6.54 Å². The summed E-state index contributed by atoms with van der Waals surface area (Å²) < 4.78 is 13.8. The van der Waals surface area contributed by atoms with E-state index in [1.807, 2.05) is 7.05 Å². The zero-order chi connectivity index (χ0) is 18.3. The summed E-state index contributed by atoms with van der Waals surface area (Å²) in [5.74, 6) is -0.0974. The number of benzene rings is 1. The molecule has 1 fully saturated rings. The minimum absolute atomic E-state index is 0.0279. The molecule has 5 heteroatoms. The van der Waals surface area contributed by atoms with Crippen molar-refractivity contribution in [1.82, 2.24) is 14.8 Å². The molecule has 0 N–H and O–H groups in total. The van der Waals surface area contributed by atoms with Crippen LogP contribution in [0.15, 0.2) is 36.5 Å². The lowest BCUT2D eigenvalue weighted by Crippen LogP contribution is -2.55. The Balaban J connectivity index is 1.80. The lowest BCUT2D eigenvalue weighted by atomic mass is 9.95. The number of aryl methyl sites for hydroxylation is 2. The maximum absolute atomic E-state index is 13.8. The van der Waals surface area contributed by atoms with Gasteiger partial charge in [0.15, 0.2) is 0 Å². The van der Waals surface area contributed by atoms with E-state index in [9.17, 15) is 9.18 Å². The number of aromatic nitrogens is 1. The van der Waals surface area contributed by atoms with Crippen LogP contribution in [-0.2, 0) is 17.6 Å². The topological polar surface area (TPSA) is 36.4 Å². The predicted octanol–water partition coefficient (Wildman–Crippen LogP) is 2.61. The smallest absolute Gasteiger partial charge is 0.148 e. The molecule has 136 valence electrons. The summed E-state index contributed by atoms with van der Waals surface area (Å²) in [6.45, 7) is 4.02. The van der Waals surface area contributed by atoms with Crippen molar-refractivity contribution in [1.29, 1.82) is 0 Å². The second-order valence-electron chi connectivity index (χ2n) is 7.40. The number of fused-ring (bicyclic) bond motifs is 2. The first-order valence-corrected chi connectivity index (χ1v) is 9.21. The average molecular weight is 353 g/mol. The number of pyridine rings is 1. The lowest BCUT2D eigenvalue weighted by Gasteiger charge is -2.42. The van der Waals surface area contributed by atoms with Gasteiger partial charge < -0.3 is 0 Å². The van der Waals surface area contributed by atoms with Crippen molar-refractivity contribution in [3.05, 3.63) is 64.7 Å². The zero-order valence-electron chi connectivity index (χ0n) is 15.3. The Kier molecular flexibility index (Phi) is 4.59. The molecule has 1 aromatic heterocycles. The van der Waals surface area contributed by atoms with Crippen molar-refractivity contribution in [3.63, 3.8) is 0 Å². The molecule has 2 aromatic rings. The van der Waals surface area contributed by atoms with Gasteiger partial charge in [0.25, 0.3) is 0 Å². The first-order chi connectivity index (χ1) is 12.5. The molecule has 2 aliphatic rings. The van der Waals surface area contributed by atoms with Crippen LogP contribution in [-0.4, -0.2) is 53.3 Å². The van der Waals surface area contributed by atoms with Crippen molar-refractivity contribution in [3.8, 4) is 0 Å². The van der Waals surface area contributed by atoms with Crippen LogP contribution in [0.4, 0.5) is 4.39 Å². The monoisotopic (exact) mass is 353 g/mol. The van der Waals surface area contributed by atoms with Gasteiger partial charge in [0.1, 0.15) is 11.6 Å². The molecule has 0 bridgehead atoms. The fourth-order valence-corrected chi connectivity index (χ4v) is 4.32. The summed E-state index contributed by atoms with van der Waals surface area (Å²) in [6.07, 6.45) is 2.99. The van der Waals surface area contributed by atoms with Crippen LogP contribution >= 0.6 is 0 Å². The molecule has 2 heterocycles. The van der Waals surface area contributed by atoms with E-state index in [-0.39, 0.29) is 23.7 Å². The maximum atomic E-state index is 13.8. The summed E-state index contributed by atoms with van der Waals surface area (Å²) in [4.78, 5) is 21.1. The number of likely N-dealkylation sites (N-methyl/N-ethyl adjacent to an activating group) is 1. The van der Waals surface area contributed by atoms with Gasteiger partial charge in [-0.25, -0.2) is 4.39 Å². The van der Waals surface area contributed by atoms with Crippen molar-refractivity contribution in [2.45, 2.75) is 31.8 Å². The molecule has 1 aromatic carbocycles. The standard InChI is InChI=1S/C21H24FN3O/c1-14(26)19-13-25(10-9-24(19)2)21-18-6-4-3-5-15(18)7-8-16-11-17(22)12-23-20(16)21/h3-6,11-12,19,21H,7-10,13H2,1-2H3/t19-,21+/m1/s1. The molecule has 2 atom stereocenters. The molecule has 0 radical (unpaired) electrons. The molecule has 0 saturated carbocycles. The summed E-state index contributed by atoms with van der Waals surface area (Å²) >= 11 is 0. The summed E-state index contributed by atoms with van der Waals surface area (Å²) in [7, 11) is 2.01. The molecule has 1 saturated heterocycles. The number of carbonyl (C=O) groups is 1. The molecule has 4 nitrogen and oxygen atoms in total. The third kappa shape index (κ3) is 3.06. The Hall–Kier alpha value is -2.11. The molecule has 0 amide bonds. The summed E-state index contributed by atoms with van der Waals surface area (Å²) in [5.41, 5.74) is 4.43. The number of Topliss-reactive ketones (excluding diaryl/α,β-unsaturated/α-hetero) is 1. The van der Waals surface area contributed by atoms with E-state index in [1.54, 1.807) is 13.0 Å². The van der Waals surface area contributed by atoms with Gasteiger partial charge in [-0.15, -0.1) is 0 Å². The van der Waals surface area contributed by atoms with E-state index in [4.69, 9.17) is 0 Å². The molecule has 4 rings (SSSR count). The van der Waals surface area contributed by atoms with Crippen LogP contribution in [0.5, 0.6) is 0 Å². The molecule has 0 spiro atoms. The van der Waals surface area contributed by atoms with Gasteiger partial charge in [-0.3, -0.25) is 19.6 Å². The van der Waals surface area contributed by atoms with Gasteiger partial charge in [0.2, 0.25) is 0 Å². The number of ketones is 1. The van der Waals surface area contributed by atoms with Crippen LogP contribution < -0.4 is 0 Å². The average Bonchev–Trinajstić information content (AvgIpc) is 2.79. The van der Waals surface area contributed by atoms with Gasteiger partial charge in [-0.05, 0) is 49.6 Å². The highest BCUT2D eigenvalue weighted by molar-refractivity contribution is 5.81. The minimum atomic E-state index is -0.284. The predicted molar refractivity (Wildman–Crippen MR) is 98.6 cm³/mol. The van der Waals surface area contributed by atoms with E-state index < -0.39 is 0 Å². The van der Waals surface area contributed by atoms with Crippen molar-refractivity contribution in [2.75, 3.05) is 26.7 Å². The quantitative estimate of drug-likeness (QED) is 0.832. The highest BCUT2D eigenvalue weighted by atomic mass is 19.1. The third-order valence-corrected chi connectivity index (χ3v) is 5.75. The largest absolute Gasteiger partial charge is 0.298 e. The lowest BCUT2D eigenvalue weighted by molar-refractivity contribution is -0.124. The first-order valence-electron chi connectivity index (χ1n) is 9.21. The Morgan fingerprint density at radius 2 is 1.96 bits per heavy atom. The van der Waals surface area contributed by atoms with Crippen LogP contribution in [0.3, 0.4) is 0 Å². The highest BCUT2D eigenvalue weighted by Crippen LogP contribution is 2.36. The van der Waals surface area contributed by atoms with E-state index in [1.165, 1.54) is 17.3 Å². The van der Waals surface area contributed by atoms with Gasteiger partial charge in [0, 0.05) is 19.6 Å². The maximum Gasteiger partial charge on any atom is 0.148 e. The molecule has 1 aliphatic heterocycles. The van der Waals surface area contributed by atoms with Crippen molar-refractivity contribution >= 4 is 5.78 Å². The van der Waals surface area contributed by atoms with E-state index in [0.717, 1.165) is 37.2 Å². The normalized spacial score (nSPS) is 23.8. The van der Waals surface area contributed by atoms with Gasteiger partial charge in [-0.2, -0.15) is 0 Å². The molecule has 0 unspecified atom stereocenters. The first kappa shape index (κ1) is 17.3. The molecular weight excluding hydrogens is 329 g/mol. The fraction of sp³-hybridized carbons (Fsp3) is 0.429. The number of carbonyl (C=O) groups excluding carboxylic acids is 1. The number of rotatable bonds is 2. The Labute approximate surface area is 153 Å². The molecular formula is C21H24FN3O. The number of piperazine rings is 1. The van der Waals surface area contributed by atoms with Crippen molar-refractivity contribution in [2.24, 2.45) is 0 Å². The Morgan fingerprint density at radius 3 is 2.77 bits per heavy atom. The summed E-state index contributed by atoms with van der Waals surface area (Å²) in [6, 6.07) is 9.91. The fourth-order valence-electron chi connectivity index (χ4n) is 4.32. The minimum Gasteiger partial charge on any atom is -0.298 e. The SMILES string of the molecule is CC(=O)[C@H]1CN([C@H]2c3ccccc3CCc3cc(F)cnc32)CCN1C. The number of hydrogen-bond acceptors (Lipinski definition) is 4. The van der Waals surface area contributed by atoms with Crippen LogP contribution in [0, 0.1) is 5.82 Å². The molecule has 26 heavy (non-hydrogen) atoms. The Morgan fingerprint density at radius 1 is 1.19 bits per heavy atom. The van der Waals surface area contributed by atoms with Gasteiger partial charge in [0.05, 0.1) is 24.0 Å². The number of nitrogens with zero attached hydrogens (tertiary/aromatic N) is 3. The van der Waals surface area contributed by atoms with Crippen LogP contribution in [0.2, 0.25) is 0 Å². The highest BCUT2D eigenvalue weighted by Gasteiger charge is 2.36. The van der Waals surface area contributed by atoms with Crippen LogP contribution in [0.1, 0.15) is 35.3 Å². The van der Waals surface area contributed by atoms with Gasteiger partial charge >= 0.3 is 0 Å². The van der Waals surface area contributed by atoms with Gasteiger partial charge in [-0.1, -0.05) is 24.3 Å². The van der Waals surface area contributed by atoms with E-state index >= 15 is 0 Å². The second kappa shape index (κ2) is 6.89. The third-order valence-electron chi connectivity index (χ3n) is 5.75. The molecule has 1 aliphatic carbocycles. The number of halogens is 1. The van der Waals surface area contributed by atoms with Crippen LogP contribution in [0.25, 0.3) is 0 Å². The Bertz CT molecular complexity index is 838. The second-order valence-corrected chi connectivity index (χ2v) is 7.40. The zero-order valence-corrected chi connectivity index (χ0v) is 15.3. The van der Waals surface area contributed by atoms with Crippen molar-refractivity contribution < 1.29 is 9.18 Å². The number of hydrogen-bond donors (Lipinski definition) is 0. The summed E-state index contributed by atoms with van der Waals surface area (Å²) in [5, 5.41) is 0.